The smallest absolute Gasteiger partial charge is 0.362 e. The Kier molecular flexibility index (Phi) is 8.83. The zero-order chi connectivity index (χ0) is 33.3. The molecule has 0 unspecified atom stereocenters. The molecule has 0 spiro atoms. The van der Waals surface area contributed by atoms with Crippen LogP contribution in [0.4, 0.5) is 5.13 Å². The number of hydrogen-bond acceptors (Lipinski definition) is 15. The number of hydrogen-bond donors (Lipinski definition) is 7. The average Bonchev–Trinajstić information content (AvgIpc) is 3.37. The Balaban J connectivity index is 1.52. The molecule has 22 heteroatoms. The SMILES string of the molecule is CC(C)(ON=C(C(=O)N[C@@H]1C(=O)N(S(=O)(=O)O)[C@@H]1CNC(=O)c1cnc(-c2cc(=O)cc(O)[nH]2)nc1)c1csc(N)n1)C(=O)O. The highest BCUT2D eigenvalue weighted by Crippen LogP contribution is 2.24. The summed E-state index contributed by atoms with van der Waals surface area (Å²) in [6.45, 7) is 1.68. The molecular formula is C23H23N9O11S2. The number of oxime groups is 1. The predicted octanol–water partition coefficient (Wildman–Crippen LogP) is -1.91. The summed E-state index contributed by atoms with van der Waals surface area (Å²) in [5, 5.41) is 28.3. The molecule has 1 aliphatic rings. The van der Waals surface area contributed by atoms with Crippen LogP contribution < -0.4 is 21.8 Å². The Morgan fingerprint density at radius 1 is 1.22 bits per heavy atom. The van der Waals surface area contributed by atoms with Crippen molar-refractivity contribution in [1.82, 2.24) is 34.9 Å². The van der Waals surface area contributed by atoms with E-state index in [2.05, 4.69) is 35.7 Å². The average molecular weight is 666 g/mol. The predicted molar refractivity (Wildman–Crippen MR) is 152 cm³/mol. The molecule has 0 radical (unpaired) electrons. The summed E-state index contributed by atoms with van der Waals surface area (Å²) in [7, 11) is -5.14. The Labute approximate surface area is 255 Å². The Hall–Kier alpha value is -5.48. The number of aromatic hydroxyl groups is 1. The summed E-state index contributed by atoms with van der Waals surface area (Å²) >= 11 is 0.905. The lowest BCUT2D eigenvalue weighted by molar-refractivity contribution is -0.161. The molecule has 3 amide bonds. The van der Waals surface area contributed by atoms with Crippen LogP contribution in [0, 0.1) is 0 Å². The first-order valence-corrected chi connectivity index (χ1v) is 14.6. The van der Waals surface area contributed by atoms with Crippen LogP contribution in [0.5, 0.6) is 5.88 Å². The molecule has 3 aromatic rings. The van der Waals surface area contributed by atoms with E-state index in [1.54, 1.807) is 0 Å². The number of aromatic amines is 1. The molecule has 0 aromatic carbocycles. The molecule has 1 fully saturated rings. The number of aromatic nitrogens is 4. The standard InChI is InChI=1S/C23H23N9O11S2/c1-23(2,21(38)39)43-31-15(12-8-44-22(24)29-12)19(36)30-16-13(32(20(16)37)45(40,41)42)7-27-18(35)9-5-25-17(26-6-9)11-3-10(33)4-14(34)28-11/h3-6,8,13,16H,7H2,1-2H3,(H2,24,29)(H,27,35)(H,30,36)(H,38,39)(H2,28,33,34)(H,40,41,42)/t13-,16+/m1/s1. The zero-order valence-corrected chi connectivity index (χ0v) is 24.6. The van der Waals surface area contributed by atoms with Crippen molar-refractivity contribution in [2.24, 2.45) is 5.16 Å². The van der Waals surface area contributed by atoms with Gasteiger partial charge in [0.25, 0.3) is 17.7 Å². The number of nitrogens with one attached hydrogen (secondary N) is 3. The maximum absolute atomic E-state index is 13.2. The number of thiazole rings is 1. The summed E-state index contributed by atoms with van der Waals surface area (Å²) in [5.41, 5.74) is 2.35. The topological polar surface area (TPSA) is 310 Å². The third-order valence-electron chi connectivity index (χ3n) is 6.02. The molecule has 2 atom stereocenters. The Morgan fingerprint density at radius 2 is 1.89 bits per heavy atom. The second kappa shape index (κ2) is 12.3. The van der Waals surface area contributed by atoms with Gasteiger partial charge in [-0.05, 0) is 13.8 Å². The molecule has 0 saturated carbocycles. The van der Waals surface area contributed by atoms with Crippen LogP contribution in [-0.2, 0) is 29.5 Å². The number of H-pyrrole nitrogens is 1. The summed E-state index contributed by atoms with van der Waals surface area (Å²) in [5.74, 6) is -5.17. The van der Waals surface area contributed by atoms with Crippen LogP contribution in [0.3, 0.4) is 0 Å². The maximum Gasteiger partial charge on any atom is 0.362 e. The minimum atomic E-state index is -5.14. The number of pyridine rings is 1. The quantitative estimate of drug-likeness (QED) is 0.0508. The van der Waals surface area contributed by atoms with Crippen LogP contribution in [0.2, 0.25) is 0 Å². The third kappa shape index (κ3) is 7.19. The summed E-state index contributed by atoms with van der Waals surface area (Å²) in [6.07, 6.45) is 2.12. The van der Waals surface area contributed by atoms with Crippen molar-refractivity contribution < 1.29 is 47.2 Å². The van der Waals surface area contributed by atoms with E-state index in [4.69, 9.17) is 10.6 Å². The largest absolute Gasteiger partial charge is 0.494 e. The molecule has 1 aliphatic heterocycles. The number of nitrogen functional groups attached to an aromatic ring is 1. The van der Waals surface area contributed by atoms with Crippen molar-refractivity contribution in [1.29, 1.82) is 0 Å². The van der Waals surface area contributed by atoms with Gasteiger partial charge in [-0.15, -0.1) is 11.3 Å². The zero-order valence-electron chi connectivity index (χ0n) is 23.0. The number of carbonyl (C=O) groups is 4. The molecule has 45 heavy (non-hydrogen) atoms. The van der Waals surface area contributed by atoms with Crippen LogP contribution in [0.15, 0.2) is 39.9 Å². The van der Waals surface area contributed by atoms with Gasteiger partial charge < -0.3 is 36.4 Å². The van der Waals surface area contributed by atoms with E-state index in [9.17, 15) is 47.2 Å². The molecule has 0 bridgehead atoms. The van der Waals surface area contributed by atoms with Crippen molar-refractivity contribution >= 4 is 56.2 Å². The molecule has 4 heterocycles. The number of amides is 3. The molecule has 20 nitrogen and oxygen atoms in total. The van der Waals surface area contributed by atoms with Gasteiger partial charge in [0.1, 0.15) is 11.7 Å². The van der Waals surface area contributed by atoms with E-state index in [-0.39, 0.29) is 32.2 Å². The van der Waals surface area contributed by atoms with Crippen molar-refractivity contribution in [3.05, 3.63) is 51.4 Å². The summed E-state index contributed by atoms with van der Waals surface area (Å²) < 4.78 is 33.4. The van der Waals surface area contributed by atoms with Crippen LogP contribution in [0.25, 0.3) is 11.5 Å². The van der Waals surface area contributed by atoms with E-state index in [1.807, 2.05) is 0 Å². The first-order chi connectivity index (χ1) is 21.0. The van der Waals surface area contributed by atoms with Gasteiger partial charge in [-0.2, -0.15) is 8.42 Å². The van der Waals surface area contributed by atoms with Gasteiger partial charge in [0.05, 0.1) is 17.3 Å². The lowest BCUT2D eigenvalue weighted by Crippen LogP contribution is -2.74. The maximum atomic E-state index is 13.2. The van der Waals surface area contributed by atoms with Gasteiger partial charge in [-0.1, -0.05) is 5.16 Å². The minimum absolute atomic E-state index is 0.00747. The van der Waals surface area contributed by atoms with E-state index in [0.29, 0.717) is 0 Å². The molecule has 3 aromatic heterocycles. The van der Waals surface area contributed by atoms with Crippen LogP contribution >= 0.6 is 11.3 Å². The highest BCUT2D eigenvalue weighted by molar-refractivity contribution is 7.84. The molecule has 4 rings (SSSR count). The lowest BCUT2D eigenvalue weighted by Gasteiger charge is -2.44. The van der Waals surface area contributed by atoms with Crippen molar-refractivity contribution in [3.8, 4) is 17.4 Å². The number of carboxylic acids is 1. The van der Waals surface area contributed by atoms with Crippen molar-refractivity contribution in [2.45, 2.75) is 31.5 Å². The molecular weight excluding hydrogens is 642 g/mol. The summed E-state index contributed by atoms with van der Waals surface area (Å²) in [6, 6.07) is -1.12. The number of aliphatic carboxylic acids is 1. The van der Waals surface area contributed by atoms with E-state index < -0.39 is 75.2 Å². The normalized spacial score (nSPS) is 16.9. The number of carbonyl (C=O) groups excluding carboxylic acids is 3. The second-order valence-corrected chi connectivity index (χ2v) is 11.8. The number of nitrogens with zero attached hydrogens (tertiary/aromatic N) is 5. The number of nitrogens with two attached hydrogens (primary N) is 1. The lowest BCUT2D eigenvalue weighted by atomic mass is 9.98. The fourth-order valence-electron chi connectivity index (χ4n) is 3.70. The Morgan fingerprint density at radius 3 is 2.44 bits per heavy atom. The van der Waals surface area contributed by atoms with Crippen molar-refractivity contribution in [2.75, 3.05) is 12.3 Å². The van der Waals surface area contributed by atoms with Crippen LogP contribution in [0.1, 0.15) is 29.9 Å². The van der Waals surface area contributed by atoms with Gasteiger partial charge in [0.2, 0.25) is 5.60 Å². The molecule has 0 aliphatic carbocycles. The fraction of sp³-hybridized carbons (Fsp3) is 0.261. The summed E-state index contributed by atoms with van der Waals surface area (Å²) in [4.78, 5) is 80.9. The van der Waals surface area contributed by atoms with Gasteiger partial charge in [0.15, 0.2) is 28.0 Å². The van der Waals surface area contributed by atoms with E-state index in [1.165, 1.54) is 5.38 Å². The van der Waals surface area contributed by atoms with Crippen LogP contribution in [-0.4, -0.2) is 101 Å². The first kappa shape index (κ1) is 32.4. The minimum Gasteiger partial charge on any atom is -0.494 e. The number of anilines is 1. The monoisotopic (exact) mass is 665 g/mol. The highest BCUT2D eigenvalue weighted by Gasteiger charge is 2.54. The van der Waals surface area contributed by atoms with Gasteiger partial charge in [-0.3, -0.25) is 23.7 Å². The number of β-lactam (4-membered cyclic amide) rings is 1. The molecule has 8 N–H and O–H groups in total. The van der Waals surface area contributed by atoms with E-state index in [0.717, 1.165) is 49.7 Å². The second-order valence-electron chi connectivity index (χ2n) is 9.67. The van der Waals surface area contributed by atoms with Gasteiger partial charge >= 0.3 is 16.3 Å². The number of rotatable bonds is 11. The number of carboxylic acid groups (broad SMARTS) is 1. The van der Waals surface area contributed by atoms with Gasteiger partial charge in [0, 0.05) is 36.5 Å². The van der Waals surface area contributed by atoms with Gasteiger partial charge in [-0.25, -0.2) is 24.1 Å². The fourth-order valence-corrected chi connectivity index (χ4v) is 5.13. The molecule has 1 saturated heterocycles. The third-order valence-corrected chi connectivity index (χ3v) is 7.64. The highest BCUT2D eigenvalue weighted by atomic mass is 32.2. The Bertz CT molecular complexity index is 1870. The van der Waals surface area contributed by atoms with Crippen molar-refractivity contribution in [3.63, 3.8) is 0 Å². The first-order valence-electron chi connectivity index (χ1n) is 12.3. The molecule has 238 valence electrons. The van der Waals surface area contributed by atoms with E-state index >= 15 is 0 Å².